The maximum atomic E-state index is 13.3. The summed E-state index contributed by atoms with van der Waals surface area (Å²) in [5, 5.41) is 0. The van der Waals surface area contributed by atoms with E-state index in [1.54, 1.807) is 0 Å². The van der Waals surface area contributed by atoms with Crippen LogP contribution in [0, 0.1) is 17.3 Å². The number of hydrogen-bond acceptors (Lipinski definition) is 5. The van der Waals surface area contributed by atoms with Gasteiger partial charge in [0.15, 0.2) is 0 Å². The molecular formula is C24H21F9N2O5. The first-order chi connectivity index (χ1) is 18.0. The third kappa shape index (κ3) is 6.80. The molecule has 1 aromatic carbocycles. The summed E-state index contributed by atoms with van der Waals surface area (Å²) in [6, 6.07) is 5.49. The average molecular weight is 588 g/mol. The van der Waals surface area contributed by atoms with Gasteiger partial charge in [0.05, 0.1) is 13.7 Å². The number of hydrogen-bond donors (Lipinski definition) is 0. The molecule has 0 atom stereocenters. The third-order valence-electron chi connectivity index (χ3n) is 5.12. The Labute approximate surface area is 220 Å². The largest absolute Gasteiger partial charge is 0.497 e. The second-order valence-corrected chi connectivity index (χ2v) is 9.27. The molecule has 2 rings (SSSR count). The minimum atomic E-state index is -7.00. The molecular weight excluding hydrogens is 567 g/mol. The van der Waals surface area contributed by atoms with Crippen molar-refractivity contribution in [3.63, 3.8) is 0 Å². The van der Waals surface area contributed by atoms with Crippen LogP contribution >= 0.6 is 0 Å². The van der Waals surface area contributed by atoms with Gasteiger partial charge >= 0.3 is 35.6 Å². The number of carbonyl (C=O) groups excluding carboxylic acids is 1. The van der Waals surface area contributed by atoms with Crippen LogP contribution in [0.1, 0.15) is 31.9 Å². The van der Waals surface area contributed by atoms with Crippen molar-refractivity contribution in [2.24, 2.45) is 5.41 Å². The number of halogens is 9. The van der Waals surface area contributed by atoms with E-state index in [0.717, 1.165) is 5.92 Å². The standard InChI is InChI=1S/C24H21F9N2O5/c1-20(2,3)40-17(36)13-34-12-15(9-10-21(22(25,26)27,23(28,29)30)24(31,32)33)18(37)35(19(34)38)11-14-5-7-16(39-4)8-6-14/h5-8,12H,11,13H2,1-4H3. The molecule has 40 heavy (non-hydrogen) atoms. The zero-order valence-corrected chi connectivity index (χ0v) is 21.1. The Morgan fingerprint density at radius 2 is 1.38 bits per heavy atom. The first kappa shape index (κ1) is 32.3. The van der Waals surface area contributed by atoms with Gasteiger partial charge in [0, 0.05) is 6.20 Å². The smallest absolute Gasteiger partial charge is 0.423 e. The first-order valence-corrected chi connectivity index (χ1v) is 11.0. The predicted molar refractivity (Wildman–Crippen MR) is 120 cm³/mol. The number of aromatic nitrogens is 2. The lowest BCUT2D eigenvalue weighted by atomic mass is 9.85. The van der Waals surface area contributed by atoms with E-state index in [1.807, 2.05) is 0 Å². The van der Waals surface area contributed by atoms with Gasteiger partial charge in [0.2, 0.25) is 0 Å². The van der Waals surface area contributed by atoms with Gasteiger partial charge in [-0.15, -0.1) is 0 Å². The zero-order chi connectivity index (χ0) is 30.9. The van der Waals surface area contributed by atoms with Crippen molar-refractivity contribution in [2.75, 3.05) is 7.11 Å². The number of alkyl halides is 9. The number of rotatable bonds is 5. The van der Waals surface area contributed by atoms with Crippen LogP contribution in [0.5, 0.6) is 5.75 Å². The molecule has 7 nitrogen and oxygen atoms in total. The Kier molecular flexibility index (Phi) is 8.83. The Morgan fingerprint density at radius 1 is 0.875 bits per heavy atom. The highest BCUT2D eigenvalue weighted by atomic mass is 19.4. The van der Waals surface area contributed by atoms with Crippen LogP contribution in [0.2, 0.25) is 0 Å². The molecule has 0 aliphatic carbocycles. The van der Waals surface area contributed by atoms with Gasteiger partial charge in [-0.25, -0.2) is 4.79 Å². The molecule has 0 unspecified atom stereocenters. The highest BCUT2D eigenvalue weighted by molar-refractivity contribution is 5.69. The number of carbonyl (C=O) groups is 1. The molecule has 0 spiro atoms. The third-order valence-corrected chi connectivity index (χ3v) is 5.12. The van der Waals surface area contributed by atoms with E-state index in [0.29, 0.717) is 16.5 Å². The molecule has 1 heterocycles. The Hall–Kier alpha value is -3.90. The molecule has 0 N–H and O–H groups in total. The molecule has 0 amide bonds. The Morgan fingerprint density at radius 3 is 1.80 bits per heavy atom. The second-order valence-electron chi connectivity index (χ2n) is 9.27. The summed E-state index contributed by atoms with van der Waals surface area (Å²) in [4.78, 5) is 38.1. The molecule has 16 heteroatoms. The summed E-state index contributed by atoms with van der Waals surface area (Å²) in [7, 11) is 1.33. The quantitative estimate of drug-likeness (QED) is 0.294. The SMILES string of the molecule is COc1ccc(Cn2c(=O)c(C#CC(C(F)(F)F)(C(F)(F)F)C(F)(F)F)cn(CC(=O)OC(C)(C)C)c2=O)cc1. The lowest BCUT2D eigenvalue weighted by Gasteiger charge is -2.34. The van der Waals surface area contributed by atoms with Crippen molar-refractivity contribution in [3.8, 4) is 17.6 Å². The summed E-state index contributed by atoms with van der Waals surface area (Å²) in [6.45, 7) is 2.69. The molecule has 0 saturated heterocycles. The highest BCUT2D eigenvalue weighted by Gasteiger charge is 2.83. The van der Waals surface area contributed by atoms with E-state index in [-0.39, 0.29) is 16.1 Å². The van der Waals surface area contributed by atoms with Crippen LogP contribution in [0.4, 0.5) is 39.5 Å². The molecule has 0 saturated carbocycles. The summed E-state index contributed by atoms with van der Waals surface area (Å²) in [5.74, 6) is 0.436. The summed E-state index contributed by atoms with van der Waals surface area (Å²) >= 11 is 0. The predicted octanol–water partition coefficient (Wildman–Crippen LogP) is 4.43. The van der Waals surface area contributed by atoms with Gasteiger partial charge in [-0.05, 0) is 38.5 Å². The van der Waals surface area contributed by atoms with Crippen LogP contribution in [0.15, 0.2) is 40.1 Å². The highest BCUT2D eigenvalue weighted by Crippen LogP contribution is 2.58. The van der Waals surface area contributed by atoms with E-state index in [2.05, 4.69) is 0 Å². The normalized spacial score (nSPS) is 12.9. The molecule has 220 valence electrons. The lowest BCUT2D eigenvalue weighted by Crippen LogP contribution is -2.58. The van der Waals surface area contributed by atoms with Crippen molar-refractivity contribution in [1.29, 1.82) is 0 Å². The van der Waals surface area contributed by atoms with Gasteiger partial charge in [-0.3, -0.25) is 18.7 Å². The van der Waals surface area contributed by atoms with Gasteiger partial charge in [-0.1, -0.05) is 24.0 Å². The fourth-order valence-electron chi connectivity index (χ4n) is 3.27. The number of benzene rings is 1. The molecule has 0 fully saturated rings. The first-order valence-electron chi connectivity index (χ1n) is 11.0. The molecule has 2 aromatic rings. The van der Waals surface area contributed by atoms with Crippen LogP contribution < -0.4 is 16.0 Å². The van der Waals surface area contributed by atoms with Gasteiger partial charge in [0.1, 0.15) is 23.5 Å². The number of nitrogens with zero attached hydrogens (tertiary/aromatic N) is 2. The van der Waals surface area contributed by atoms with Crippen molar-refractivity contribution < 1.29 is 53.8 Å². The fourth-order valence-corrected chi connectivity index (χ4v) is 3.27. The van der Waals surface area contributed by atoms with Crippen LogP contribution in [-0.4, -0.2) is 46.3 Å². The van der Waals surface area contributed by atoms with E-state index in [9.17, 15) is 53.9 Å². The molecule has 0 bridgehead atoms. The van der Waals surface area contributed by atoms with Gasteiger partial charge in [0.25, 0.3) is 5.56 Å². The van der Waals surface area contributed by atoms with Gasteiger partial charge < -0.3 is 9.47 Å². The van der Waals surface area contributed by atoms with E-state index < -0.39 is 65.4 Å². The van der Waals surface area contributed by atoms with Crippen molar-refractivity contribution in [1.82, 2.24) is 9.13 Å². The minimum absolute atomic E-state index is 0.168. The summed E-state index contributed by atoms with van der Waals surface area (Å²) in [6.07, 6.45) is -20.7. The molecule has 1 aromatic heterocycles. The minimum Gasteiger partial charge on any atom is -0.497 e. The maximum Gasteiger partial charge on any atom is 0.423 e. The molecule has 0 aliphatic rings. The van der Waals surface area contributed by atoms with Crippen molar-refractivity contribution in [3.05, 3.63) is 62.4 Å². The summed E-state index contributed by atoms with van der Waals surface area (Å²) < 4.78 is 131. The second kappa shape index (κ2) is 10.9. The molecule has 0 aliphatic heterocycles. The fraction of sp³-hybridized carbons (Fsp3) is 0.458. The van der Waals surface area contributed by atoms with E-state index in [1.165, 1.54) is 52.1 Å². The van der Waals surface area contributed by atoms with Crippen LogP contribution in [-0.2, 0) is 22.6 Å². The summed E-state index contributed by atoms with van der Waals surface area (Å²) in [5.41, 5.74) is -11.6. The zero-order valence-electron chi connectivity index (χ0n) is 21.1. The average Bonchev–Trinajstić information content (AvgIpc) is 2.76. The van der Waals surface area contributed by atoms with Crippen LogP contribution in [0.25, 0.3) is 0 Å². The number of methoxy groups -OCH3 is 1. The van der Waals surface area contributed by atoms with Gasteiger partial charge in [-0.2, -0.15) is 39.5 Å². The maximum absolute atomic E-state index is 13.3. The lowest BCUT2D eigenvalue weighted by molar-refractivity contribution is -0.402. The Bertz CT molecular complexity index is 1380. The van der Waals surface area contributed by atoms with E-state index in [4.69, 9.17) is 9.47 Å². The topological polar surface area (TPSA) is 79.5 Å². The van der Waals surface area contributed by atoms with E-state index >= 15 is 0 Å². The Balaban J connectivity index is 2.84. The van der Waals surface area contributed by atoms with Crippen molar-refractivity contribution >= 4 is 5.97 Å². The number of esters is 1. The van der Waals surface area contributed by atoms with Crippen LogP contribution in [0.3, 0.4) is 0 Å². The molecule has 0 radical (unpaired) electrons. The number of ether oxygens (including phenoxy) is 2. The monoisotopic (exact) mass is 588 g/mol. The van der Waals surface area contributed by atoms with Crippen molar-refractivity contribution in [2.45, 2.75) is 58.0 Å².